The van der Waals surface area contributed by atoms with Gasteiger partial charge in [0.15, 0.2) is 5.78 Å². The highest BCUT2D eigenvalue weighted by molar-refractivity contribution is 6.02. The Morgan fingerprint density at radius 1 is 1.00 bits per heavy atom. The van der Waals surface area contributed by atoms with E-state index in [1.807, 2.05) is 0 Å². The molecular formula is C17H14F3NO3. The van der Waals surface area contributed by atoms with Crippen LogP contribution in [0.25, 0.3) is 0 Å². The molecule has 2 aromatic rings. The minimum Gasteiger partial charge on any atom is -0.508 e. The van der Waals surface area contributed by atoms with E-state index in [2.05, 4.69) is 0 Å². The number of nitrogens with one attached hydrogen (secondary N) is 1. The largest absolute Gasteiger partial charge is 0.508 e. The van der Waals surface area contributed by atoms with Gasteiger partial charge in [0.1, 0.15) is 5.75 Å². The number of carbonyl (C=O) groups is 2. The summed E-state index contributed by atoms with van der Waals surface area (Å²) in [6.45, 7) is 0. The molecule has 24 heavy (non-hydrogen) atoms. The van der Waals surface area contributed by atoms with Crippen molar-refractivity contribution in [1.29, 1.82) is 0 Å². The van der Waals surface area contributed by atoms with Crippen molar-refractivity contribution < 1.29 is 27.9 Å². The standard InChI is InChI=1S/C17H14F3NO3/c18-17(19,20)16(24)21-14(10-11-6-8-13(22)9-7-11)15(23)12-4-2-1-3-5-12/h1-9,14,22H,10H2,(H,21,24)/t14-/m1/s1. The van der Waals surface area contributed by atoms with E-state index in [-0.39, 0.29) is 17.7 Å². The van der Waals surface area contributed by atoms with Crippen molar-refractivity contribution in [2.45, 2.75) is 18.6 Å². The lowest BCUT2D eigenvalue weighted by Crippen LogP contribution is -2.48. The van der Waals surface area contributed by atoms with Gasteiger partial charge in [-0.2, -0.15) is 13.2 Å². The van der Waals surface area contributed by atoms with E-state index in [1.54, 1.807) is 23.5 Å². The quantitative estimate of drug-likeness (QED) is 0.825. The van der Waals surface area contributed by atoms with Crippen molar-refractivity contribution in [2.75, 3.05) is 0 Å². The molecular weight excluding hydrogens is 323 g/mol. The number of aromatic hydroxyl groups is 1. The Morgan fingerprint density at radius 3 is 2.12 bits per heavy atom. The third-order valence-electron chi connectivity index (χ3n) is 3.31. The van der Waals surface area contributed by atoms with Gasteiger partial charge in [-0.3, -0.25) is 9.59 Å². The third-order valence-corrected chi connectivity index (χ3v) is 3.31. The predicted octanol–water partition coefficient (Wildman–Crippen LogP) is 2.86. The average Bonchev–Trinajstić information content (AvgIpc) is 2.55. The molecule has 0 fully saturated rings. The number of ketones is 1. The Kier molecular flexibility index (Phi) is 5.23. The number of Topliss-reactive ketones (excluding diaryl/α,β-unsaturated/α-hetero) is 1. The molecule has 0 aliphatic rings. The van der Waals surface area contributed by atoms with Crippen LogP contribution in [0.4, 0.5) is 13.2 Å². The molecule has 0 bridgehead atoms. The van der Waals surface area contributed by atoms with Gasteiger partial charge in [-0.05, 0) is 17.7 Å². The Bertz CT molecular complexity index is 712. The number of carbonyl (C=O) groups excluding carboxylic acids is 2. The van der Waals surface area contributed by atoms with Crippen molar-refractivity contribution >= 4 is 11.7 Å². The highest BCUT2D eigenvalue weighted by Crippen LogP contribution is 2.17. The molecule has 1 amide bonds. The number of phenols is 1. The summed E-state index contributed by atoms with van der Waals surface area (Å²) in [5.74, 6) is -2.80. The van der Waals surface area contributed by atoms with E-state index in [0.717, 1.165) is 0 Å². The fourth-order valence-electron chi connectivity index (χ4n) is 2.12. The molecule has 7 heteroatoms. The summed E-state index contributed by atoms with van der Waals surface area (Å²) < 4.78 is 37.5. The van der Waals surface area contributed by atoms with Gasteiger partial charge in [0.2, 0.25) is 0 Å². The van der Waals surface area contributed by atoms with Crippen LogP contribution in [0, 0.1) is 0 Å². The smallest absolute Gasteiger partial charge is 0.471 e. The average molecular weight is 337 g/mol. The second-order valence-corrected chi connectivity index (χ2v) is 5.12. The van der Waals surface area contributed by atoms with E-state index < -0.39 is 23.9 Å². The van der Waals surface area contributed by atoms with E-state index in [0.29, 0.717) is 5.56 Å². The van der Waals surface area contributed by atoms with E-state index in [1.165, 1.54) is 36.4 Å². The second kappa shape index (κ2) is 7.16. The van der Waals surface area contributed by atoms with Crippen LogP contribution < -0.4 is 5.32 Å². The van der Waals surface area contributed by atoms with Gasteiger partial charge in [0, 0.05) is 12.0 Å². The lowest BCUT2D eigenvalue weighted by Gasteiger charge is -2.19. The zero-order chi connectivity index (χ0) is 17.7. The van der Waals surface area contributed by atoms with Crippen LogP contribution in [0.15, 0.2) is 54.6 Å². The van der Waals surface area contributed by atoms with Crippen molar-refractivity contribution in [3.8, 4) is 5.75 Å². The summed E-state index contributed by atoms with van der Waals surface area (Å²) in [5, 5.41) is 11.0. The summed E-state index contributed by atoms with van der Waals surface area (Å²) in [7, 11) is 0. The topological polar surface area (TPSA) is 66.4 Å². The molecule has 2 aromatic carbocycles. The first kappa shape index (κ1) is 17.5. The Labute approximate surface area is 135 Å². The normalized spacial score (nSPS) is 12.5. The van der Waals surface area contributed by atoms with Gasteiger partial charge < -0.3 is 10.4 Å². The number of amides is 1. The van der Waals surface area contributed by atoms with Crippen LogP contribution >= 0.6 is 0 Å². The summed E-state index contributed by atoms with van der Waals surface area (Å²) in [6, 6.07) is 12.0. The van der Waals surface area contributed by atoms with Crippen molar-refractivity contribution in [1.82, 2.24) is 5.32 Å². The third kappa shape index (κ3) is 4.58. The lowest BCUT2D eigenvalue weighted by molar-refractivity contribution is -0.174. The van der Waals surface area contributed by atoms with E-state index in [4.69, 9.17) is 0 Å². The summed E-state index contributed by atoms with van der Waals surface area (Å²) >= 11 is 0. The van der Waals surface area contributed by atoms with Gasteiger partial charge in [0.25, 0.3) is 0 Å². The molecule has 0 saturated heterocycles. The van der Waals surface area contributed by atoms with Crippen molar-refractivity contribution in [3.63, 3.8) is 0 Å². The Balaban J connectivity index is 2.25. The maximum Gasteiger partial charge on any atom is 0.471 e. The number of hydrogen-bond acceptors (Lipinski definition) is 3. The predicted molar refractivity (Wildman–Crippen MR) is 80.6 cm³/mol. The zero-order valence-electron chi connectivity index (χ0n) is 12.4. The molecule has 0 saturated carbocycles. The first-order valence-electron chi connectivity index (χ1n) is 7.02. The molecule has 0 spiro atoms. The SMILES string of the molecule is O=C(c1ccccc1)[C@@H](Cc1ccc(O)cc1)NC(=O)C(F)(F)F. The summed E-state index contributed by atoms with van der Waals surface area (Å²) in [4.78, 5) is 23.7. The van der Waals surface area contributed by atoms with Crippen molar-refractivity contribution in [2.24, 2.45) is 0 Å². The van der Waals surface area contributed by atoms with Crippen LogP contribution in [0.1, 0.15) is 15.9 Å². The second-order valence-electron chi connectivity index (χ2n) is 5.12. The highest BCUT2D eigenvalue weighted by Gasteiger charge is 2.40. The molecule has 0 unspecified atom stereocenters. The fraction of sp³-hybridized carbons (Fsp3) is 0.176. The van der Waals surface area contributed by atoms with Gasteiger partial charge in [-0.15, -0.1) is 0 Å². The molecule has 1 atom stereocenters. The number of phenolic OH excluding ortho intramolecular Hbond substituents is 1. The van der Waals surface area contributed by atoms with Crippen molar-refractivity contribution in [3.05, 3.63) is 65.7 Å². The first-order valence-corrected chi connectivity index (χ1v) is 7.02. The molecule has 0 aromatic heterocycles. The number of rotatable bonds is 5. The van der Waals surface area contributed by atoms with Crippen LogP contribution in [0.5, 0.6) is 5.75 Å². The molecule has 126 valence electrons. The molecule has 4 nitrogen and oxygen atoms in total. The van der Waals surface area contributed by atoms with Crippen LogP contribution in [0.2, 0.25) is 0 Å². The maximum atomic E-state index is 12.5. The molecule has 0 aliphatic carbocycles. The summed E-state index contributed by atoms with van der Waals surface area (Å²) in [6.07, 6.45) is -5.21. The Hall–Kier alpha value is -2.83. The van der Waals surface area contributed by atoms with Gasteiger partial charge >= 0.3 is 12.1 Å². The number of benzene rings is 2. The molecule has 2 N–H and O–H groups in total. The van der Waals surface area contributed by atoms with Gasteiger partial charge in [0.05, 0.1) is 6.04 Å². The molecule has 0 heterocycles. The zero-order valence-corrected chi connectivity index (χ0v) is 12.4. The summed E-state index contributed by atoms with van der Waals surface area (Å²) in [5.41, 5.74) is 0.702. The molecule has 0 radical (unpaired) electrons. The number of halogens is 3. The highest BCUT2D eigenvalue weighted by atomic mass is 19.4. The van der Waals surface area contributed by atoms with Crippen LogP contribution in [-0.2, 0) is 11.2 Å². The van der Waals surface area contributed by atoms with Crippen LogP contribution in [-0.4, -0.2) is 29.0 Å². The first-order chi connectivity index (χ1) is 11.3. The fourth-order valence-corrected chi connectivity index (χ4v) is 2.12. The molecule has 2 rings (SSSR count). The minimum absolute atomic E-state index is 0.0102. The van der Waals surface area contributed by atoms with Gasteiger partial charge in [-0.1, -0.05) is 42.5 Å². The van der Waals surface area contributed by atoms with Crippen LogP contribution in [0.3, 0.4) is 0 Å². The molecule has 0 aliphatic heterocycles. The van der Waals surface area contributed by atoms with E-state index >= 15 is 0 Å². The van der Waals surface area contributed by atoms with Gasteiger partial charge in [-0.25, -0.2) is 0 Å². The van der Waals surface area contributed by atoms with E-state index in [9.17, 15) is 27.9 Å². The maximum absolute atomic E-state index is 12.5. The monoisotopic (exact) mass is 337 g/mol. The number of alkyl halides is 3. The lowest BCUT2D eigenvalue weighted by atomic mass is 9.97. The minimum atomic E-state index is -5.08. The Morgan fingerprint density at radius 2 is 1.58 bits per heavy atom. The number of hydrogen-bond donors (Lipinski definition) is 2.